The minimum atomic E-state index is -0.339. The average Bonchev–Trinajstić information content (AvgIpc) is 2.46. The van der Waals surface area contributed by atoms with Crippen LogP contribution in [0.15, 0.2) is 30.3 Å². The van der Waals surface area contributed by atoms with Crippen molar-refractivity contribution in [3.8, 4) is 0 Å². The molecule has 0 aromatic heterocycles. The minimum absolute atomic E-state index is 0.324. The first-order valence-electron chi connectivity index (χ1n) is 7.12. The monoisotopic (exact) mass is 295 g/mol. The van der Waals surface area contributed by atoms with Crippen molar-refractivity contribution < 1.29 is 9.53 Å². The second kappa shape index (κ2) is 8.90. The molecule has 3 nitrogen and oxygen atoms in total. The van der Waals surface area contributed by atoms with Crippen molar-refractivity contribution in [3.63, 3.8) is 0 Å². The number of hydrogen-bond donors (Lipinski definition) is 1. The SMILES string of the molecule is CCC(C)(C)SCCCNC(=O)OCc1ccccc1. The van der Waals surface area contributed by atoms with Crippen LogP contribution >= 0.6 is 11.8 Å². The molecule has 0 aliphatic carbocycles. The Morgan fingerprint density at radius 1 is 1.30 bits per heavy atom. The molecule has 1 rings (SSSR count). The summed E-state index contributed by atoms with van der Waals surface area (Å²) in [5.74, 6) is 1.06. The Balaban J connectivity index is 2.06. The maximum absolute atomic E-state index is 11.5. The van der Waals surface area contributed by atoms with E-state index in [1.54, 1.807) is 0 Å². The number of benzene rings is 1. The second-order valence-electron chi connectivity index (χ2n) is 5.30. The Kier molecular flexibility index (Phi) is 7.52. The third-order valence-electron chi connectivity index (χ3n) is 3.15. The standard InChI is InChI=1S/C16H25NO2S/c1-4-16(2,3)20-12-8-11-17-15(18)19-13-14-9-6-5-7-10-14/h5-7,9-10H,4,8,11-13H2,1-3H3,(H,17,18). The highest BCUT2D eigenvalue weighted by Gasteiger charge is 2.14. The lowest BCUT2D eigenvalue weighted by atomic mass is 10.1. The van der Waals surface area contributed by atoms with E-state index in [-0.39, 0.29) is 6.09 Å². The van der Waals surface area contributed by atoms with Gasteiger partial charge in [-0.3, -0.25) is 0 Å². The number of nitrogens with one attached hydrogen (secondary N) is 1. The summed E-state index contributed by atoms with van der Waals surface area (Å²) in [6.45, 7) is 7.69. The lowest BCUT2D eigenvalue weighted by Gasteiger charge is -2.21. The van der Waals surface area contributed by atoms with Crippen LogP contribution in [0.3, 0.4) is 0 Å². The molecule has 0 unspecified atom stereocenters. The van der Waals surface area contributed by atoms with Gasteiger partial charge in [-0.25, -0.2) is 4.79 Å². The molecule has 4 heteroatoms. The van der Waals surface area contributed by atoms with Crippen LogP contribution in [0.1, 0.15) is 39.2 Å². The van der Waals surface area contributed by atoms with Gasteiger partial charge in [0, 0.05) is 11.3 Å². The van der Waals surface area contributed by atoms with E-state index in [2.05, 4.69) is 26.1 Å². The van der Waals surface area contributed by atoms with E-state index < -0.39 is 0 Å². The molecule has 0 saturated heterocycles. The van der Waals surface area contributed by atoms with Crippen molar-refractivity contribution in [1.82, 2.24) is 5.32 Å². The van der Waals surface area contributed by atoms with Gasteiger partial charge in [-0.15, -0.1) is 0 Å². The fraction of sp³-hybridized carbons (Fsp3) is 0.562. The maximum Gasteiger partial charge on any atom is 0.407 e. The lowest BCUT2D eigenvalue weighted by Crippen LogP contribution is -2.26. The molecule has 0 spiro atoms. The van der Waals surface area contributed by atoms with Gasteiger partial charge in [-0.2, -0.15) is 11.8 Å². The van der Waals surface area contributed by atoms with E-state index in [1.165, 1.54) is 0 Å². The molecular formula is C16H25NO2S. The Morgan fingerprint density at radius 3 is 2.65 bits per heavy atom. The molecule has 0 aliphatic rings. The Labute approximate surface area is 126 Å². The molecule has 1 amide bonds. The number of rotatable bonds is 8. The minimum Gasteiger partial charge on any atom is -0.445 e. The second-order valence-corrected chi connectivity index (χ2v) is 7.11. The van der Waals surface area contributed by atoms with Crippen LogP contribution in [0.5, 0.6) is 0 Å². The number of ether oxygens (including phenoxy) is 1. The van der Waals surface area contributed by atoms with Gasteiger partial charge >= 0.3 is 6.09 Å². The zero-order chi connectivity index (χ0) is 14.8. The highest BCUT2D eigenvalue weighted by atomic mass is 32.2. The zero-order valence-electron chi connectivity index (χ0n) is 12.6. The van der Waals surface area contributed by atoms with Gasteiger partial charge in [-0.1, -0.05) is 51.1 Å². The fourth-order valence-electron chi connectivity index (χ4n) is 1.49. The molecule has 0 atom stereocenters. The van der Waals surface area contributed by atoms with Gasteiger partial charge in [0.1, 0.15) is 6.61 Å². The third kappa shape index (κ3) is 7.43. The smallest absolute Gasteiger partial charge is 0.407 e. The van der Waals surface area contributed by atoms with Crippen LogP contribution < -0.4 is 5.32 Å². The van der Waals surface area contributed by atoms with Crippen LogP contribution in [0.4, 0.5) is 4.79 Å². The number of thioether (sulfide) groups is 1. The third-order valence-corrected chi connectivity index (χ3v) is 4.71. The van der Waals surface area contributed by atoms with Gasteiger partial charge in [0.2, 0.25) is 0 Å². The summed E-state index contributed by atoms with van der Waals surface area (Å²) in [5, 5.41) is 2.78. The van der Waals surface area contributed by atoms with Crippen LogP contribution in [0.25, 0.3) is 0 Å². The zero-order valence-corrected chi connectivity index (χ0v) is 13.5. The normalized spacial score (nSPS) is 11.2. The summed E-state index contributed by atoms with van der Waals surface area (Å²) in [6.07, 6.45) is 1.78. The summed E-state index contributed by atoms with van der Waals surface area (Å²) in [4.78, 5) is 11.5. The maximum atomic E-state index is 11.5. The highest BCUT2D eigenvalue weighted by Crippen LogP contribution is 2.27. The fourth-order valence-corrected chi connectivity index (χ4v) is 2.53. The first-order chi connectivity index (χ1) is 9.53. The predicted molar refractivity (Wildman–Crippen MR) is 86.1 cm³/mol. The number of hydrogen-bond acceptors (Lipinski definition) is 3. The van der Waals surface area contributed by atoms with Crippen molar-refractivity contribution in [2.45, 2.75) is 45.0 Å². The van der Waals surface area contributed by atoms with Crippen molar-refractivity contribution in [2.24, 2.45) is 0 Å². The summed E-state index contributed by atoms with van der Waals surface area (Å²) in [6, 6.07) is 9.69. The molecule has 0 heterocycles. The molecule has 112 valence electrons. The van der Waals surface area contributed by atoms with Crippen LogP contribution in [0.2, 0.25) is 0 Å². The Bertz CT molecular complexity index is 393. The molecule has 1 aromatic rings. The topological polar surface area (TPSA) is 38.3 Å². The van der Waals surface area contributed by atoms with E-state index in [0.717, 1.165) is 24.2 Å². The van der Waals surface area contributed by atoms with Crippen molar-refractivity contribution >= 4 is 17.9 Å². The largest absolute Gasteiger partial charge is 0.445 e. The van der Waals surface area contributed by atoms with E-state index in [9.17, 15) is 4.79 Å². The predicted octanol–water partition coefficient (Wildman–Crippen LogP) is 4.22. The number of amides is 1. The van der Waals surface area contributed by atoms with Crippen molar-refractivity contribution in [2.75, 3.05) is 12.3 Å². The van der Waals surface area contributed by atoms with Crippen LogP contribution in [-0.4, -0.2) is 23.1 Å². The summed E-state index contributed by atoms with van der Waals surface area (Å²) >= 11 is 1.95. The van der Waals surface area contributed by atoms with E-state index in [0.29, 0.717) is 17.9 Å². The summed E-state index contributed by atoms with van der Waals surface area (Å²) in [5.41, 5.74) is 1.00. The first kappa shape index (κ1) is 16.9. The molecule has 20 heavy (non-hydrogen) atoms. The van der Waals surface area contributed by atoms with Crippen molar-refractivity contribution in [3.05, 3.63) is 35.9 Å². The Hall–Kier alpha value is -1.16. The number of carbonyl (C=O) groups excluding carboxylic acids is 1. The van der Waals surface area contributed by atoms with Crippen molar-refractivity contribution in [1.29, 1.82) is 0 Å². The van der Waals surface area contributed by atoms with E-state index in [4.69, 9.17) is 4.74 Å². The molecule has 0 saturated carbocycles. The summed E-state index contributed by atoms with van der Waals surface area (Å²) in [7, 11) is 0. The van der Waals surface area contributed by atoms with Gasteiger partial charge in [0.25, 0.3) is 0 Å². The molecule has 1 aromatic carbocycles. The quantitative estimate of drug-likeness (QED) is 0.730. The molecule has 0 bridgehead atoms. The highest BCUT2D eigenvalue weighted by molar-refractivity contribution is 8.00. The average molecular weight is 295 g/mol. The van der Waals surface area contributed by atoms with Gasteiger partial charge in [0.15, 0.2) is 0 Å². The summed E-state index contributed by atoms with van der Waals surface area (Å²) < 4.78 is 5.47. The molecule has 0 radical (unpaired) electrons. The van der Waals surface area contributed by atoms with E-state index >= 15 is 0 Å². The van der Waals surface area contributed by atoms with Crippen LogP contribution in [-0.2, 0) is 11.3 Å². The Morgan fingerprint density at radius 2 is 2.00 bits per heavy atom. The lowest BCUT2D eigenvalue weighted by molar-refractivity contribution is 0.139. The molecule has 0 fully saturated rings. The first-order valence-corrected chi connectivity index (χ1v) is 8.10. The van der Waals surface area contributed by atoms with E-state index in [1.807, 2.05) is 42.1 Å². The molecule has 1 N–H and O–H groups in total. The molecule has 0 aliphatic heterocycles. The number of carbonyl (C=O) groups is 1. The van der Waals surface area contributed by atoms with Gasteiger partial charge < -0.3 is 10.1 Å². The number of alkyl carbamates (subject to hydrolysis) is 1. The molecular weight excluding hydrogens is 270 g/mol. The van der Waals surface area contributed by atoms with Gasteiger partial charge in [-0.05, 0) is 24.2 Å². The van der Waals surface area contributed by atoms with Gasteiger partial charge in [0.05, 0.1) is 0 Å². The van der Waals surface area contributed by atoms with Crippen LogP contribution in [0, 0.1) is 0 Å².